The Morgan fingerprint density at radius 1 is 0.909 bits per heavy atom. The molecule has 2 aromatic rings. The highest BCUT2D eigenvalue weighted by Gasteiger charge is 2.73. The van der Waals surface area contributed by atoms with Crippen molar-refractivity contribution in [2.75, 3.05) is 6.61 Å². The number of fused-ring (bicyclic) bond motifs is 1. The second-order valence-corrected chi connectivity index (χ2v) is 14.7. The lowest BCUT2D eigenvalue weighted by Crippen LogP contribution is -2.74. The molecular formula is C24H34ClNO6Si. The fraction of sp³-hybridized carbons (Fsp3) is 0.542. The van der Waals surface area contributed by atoms with Crippen LogP contribution in [0.1, 0.15) is 62.4 Å². The number of rotatable bonds is 6. The predicted octanol–water partition coefficient (Wildman–Crippen LogP) is 0.657. The van der Waals surface area contributed by atoms with Gasteiger partial charge in [0, 0.05) is 24.3 Å². The summed E-state index contributed by atoms with van der Waals surface area (Å²) in [6.45, 7) is 14.3. The molecule has 182 valence electrons. The van der Waals surface area contributed by atoms with Crippen molar-refractivity contribution in [2.24, 2.45) is 5.41 Å². The van der Waals surface area contributed by atoms with E-state index in [1.54, 1.807) is 0 Å². The third-order valence-corrected chi connectivity index (χ3v) is 7.69. The molecule has 0 radical (unpaired) electrons. The minimum absolute atomic E-state index is 0.0847. The maximum absolute atomic E-state index is 8.49. The van der Waals surface area contributed by atoms with Gasteiger partial charge in [-0.1, -0.05) is 44.2 Å². The summed E-state index contributed by atoms with van der Waals surface area (Å²) in [4.78, 5) is 0. The van der Waals surface area contributed by atoms with Gasteiger partial charge in [0.15, 0.2) is 32.0 Å². The summed E-state index contributed by atoms with van der Waals surface area (Å²) < 4.78 is 50.4. The molecular weight excluding hydrogens is 462 g/mol. The van der Waals surface area contributed by atoms with Gasteiger partial charge in [-0.15, -0.1) is 10.2 Å². The number of hydrogen-bond donors (Lipinski definition) is 0. The van der Waals surface area contributed by atoms with E-state index in [2.05, 4.69) is 93.6 Å². The van der Waals surface area contributed by atoms with Gasteiger partial charge in [-0.25, -0.2) is 18.6 Å². The number of ether oxygens (including phenoxy) is 1. The fourth-order valence-corrected chi connectivity index (χ4v) is 7.23. The van der Waals surface area contributed by atoms with Crippen molar-refractivity contribution < 1.29 is 42.6 Å². The molecule has 7 nitrogen and oxygen atoms in total. The van der Waals surface area contributed by atoms with Gasteiger partial charge in [0.2, 0.25) is 0 Å². The van der Waals surface area contributed by atoms with Crippen LogP contribution < -0.4 is 23.2 Å². The molecule has 1 aromatic heterocycles. The first-order chi connectivity index (χ1) is 15.3. The predicted molar refractivity (Wildman–Crippen MR) is 115 cm³/mol. The second-order valence-electron chi connectivity index (χ2n) is 9.55. The Balaban J connectivity index is 0.000000555. The van der Waals surface area contributed by atoms with E-state index >= 15 is 0 Å². The molecule has 3 atom stereocenters. The van der Waals surface area contributed by atoms with Gasteiger partial charge < -0.3 is 9.16 Å². The van der Waals surface area contributed by atoms with E-state index in [-0.39, 0.29) is 17.4 Å². The van der Waals surface area contributed by atoms with Crippen LogP contribution in [-0.2, 0) is 9.16 Å². The molecule has 0 spiro atoms. The lowest BCUT2D eigenvalue weighted by molar-refractivity contribution is -2.00. The molecule has 3 aliphatic rings. The first kappa shape index (κ1) is 26.2. The van der Waals surface area contributed by atoms with Crippen LogP contribution in [0.25, 0.3) is 0 Å². The van der Waals surface area contributed by atoms with Crippen molar-refractivity contribution in [1.82, 2.24) is 0 Å². The summed E-state index contributed by atoms with van der Waals surface area (Å²) in [7, 11) is -6.83. The van der Waals surface area contributed by atoms with Crippen molar-refractivity contribution in [1.29, 1.82) is 0 Å². The van der Waals surface area contributed by atoms with Crippen LogP contribution >= 0.6 is 0 Å². The molecule has 3 heterocycles. The minimum atomic E-state index is -4.94. The standard InChI is InChI=1S/C24H34NO2Si.ClHO4/c1-7-23(8-2)22-19-15-11-10-14-18(19)21(20-16-12-13-17-25(20)22)24(23,26-9-3)27-28(4,5)6;2-1(3,4)5/h10-17,21-22H,7-9H2,1-6H3;(H,2,3,4,5)/q+1;/p-1/t21-,22-,24?;/m0./s1. The SMILES string of the molecule is CCOC1(O[Si](C)(C)C)[C@H]2c3ccccc3[C@H]([n+]3ccccc32)C1(CC)CC.[O-][Cl+3]([O-])([O-])[O-]. The molecule has 2 aliphatic heterocycles. The lowest BCUT2D eigenvalue weighted by Gasteiger charge is -2.61. The highest BCUT2D eigenvalue weighted by atomic mass is 35.7. The molecule has 0 saturated carbocycles. The highest BCUT2D eigenvalue weighted by molar-refractivity contribution is 6.69. The smallest absolute Gasteiger partial charge is 0.194 e. The van der Waals surface area contributed by atoms with E-state index < -0.39 is 24.3 Å². The van der Waals surface area contributed by atoms with Gasteiger partial charge in [-0.2, -0.15) is 4.57 Å². The molecule has 0 N–H and O–H groups in total. The Kier molecular flexibility index (Phi) is 7.44. The van der Waals surface area contributed by atoms with Gasteiger partial charge in [0.05, 0.1) is 5.41 Å². The maximum Gasteiger partial charge on any atom is 0.194 e. The number of aromatic nitrogens is 1. The van der Waals surface area contributed by atoms with Gasteiger partial charge in [0.25, 0.3) is 0 Å². The molecule has 9 heteroatoms. The Bertz CT molecular complexity index is 918. The summed E-state index contributed by atoms with van der Waals surface area (Å²) in [6.07, 6.45) is 4.29. The van der Waals surface area contributed by atoms with Crippen molar-refractivity contribution in [3.05, 3.63) is 65.5 Å². The molecule has 1 aliphatic carbocycles. The molecule has 0 saturated heterocycles. The number of pyridine rings is 1. The zero-order valence-electron chi connectivity index (χ0n) is 20.2. The van der Waals surface area contributed by atoms with Crippen molar-refractivity contribution in [2.45, 2.75) is 71.0 Å². The Morgan fingerprint density at radius 2 is 1.45 bits per heavy atom. The third kappa shape index (κ3) is 4.63. The first-order valence-corrected chi connectivity index (χ1v) is 16.0. The van der Waals surface area contributed by atoms with Crippen LogP contribution in [0.5, 0.6) is 0 Å². The summed E-state index contributed by atoms with van der Waals surface area (Å²) in [6, 6.07) is 15.8. The summed E-state index contributed by atoms with van der Waals surface area (Å²) in [5.41, 5.74) is 4.02. The van der Waals surface area contributed by atoms with Crippen molar-refractivity contribution in [3.63, 3.8) is 0 Å². The van der Waals surface area contributed by atoms with Crippen molar-refractivity contribution >= 4 is 8.32 Å². The number of nitrogens with zero attached hydrogens (tertiary/aromatic N) is 1. The average Bonchev–Trinajstić information content (AvgIpc) is 2.71. The van der Waals surface area contributed by atoms with Gasteiger partial charge in [0.1, 0.15) is 5.92 Å². The number of halogens is 1. The maximum atomic E-state index is 8.49. The summed E-state index contributed by atoms with van der Waals surface area (Å²) in [5, 5.41) is 0. The largest absolute Gasteiger partial charge is 0.389 e. The topological polar surface area (TPSA) is 115 Å². The zero-order chi connectivity index (χ0) is 24.7. The number of hydrogen-bond acceptors (Lipinski definition) is 6. The Hall–Kier alpha value is -1.36. The highest BCUT2D eigenvalue weighted by Crippen LogP contribution is 2.65. The third-order valence-electron chi connectivity index (χ3n) is 6.77. The molecule has 1 aromatic carbocycles. The van der Waals surface area contributed by atoms with Gasteiger partial charge >= 0.3 is 0 Å². The van der Waals surface area contributed by atoms with E-state index in [9.17, 15) is 0 Å². The van der Waals surface area contributed by atoms with Crippen LogP contribution in [0.3, 0.4) is 0 Å². The van der Waals surface area contributed by atoms with Crippen LogP contribution in [-0.4, -0.2) is 20.7 Å². The lowest BCUT2D eigenvalue weighted by atomic mass is 9.53. The molecule has 0 fully saturated rings. The summed E-state index contributed by atoms with van der Waals surface area (Å²) >= 11 is 0. The Morgan fingerprint density at radius 3 is 1.97 bits per heavy atom. The zero-order valence-corrected chi connectivity index (χ0v) is 21.9. The van der Waals surface area contributed by atoms with Crippen LogP contribution in [0.2, 0.25) is 19.6 Å². The Labute approximate surface area is 199 Å². The van der Waals surface area contributed by atoms with E-state index in [0.29, 0.717) is 6.61 Å². The number of benzene rings is 1. The monoisotopic (exact) mass is 495 g/mol. The van der Waals surface area contributed by atoms with Gasteiger partial charge in [-0.3, -0.25) is 0 Å². The molecule has 0 amide bonds. The van der Waals surface area contributed by atoms with E-state index in [1.807, 2.05) is 0 Å². The fourth-order valence-electron chi connectivity index (χ4n) is 5.94. The average molecular weight is 496 g/mol. The molecule has 33 heavy (non-hydrogen) atoms. The minimum Gasteiger partial charge on any atom is -0.389 e. The van der Waals surface area contributed by atoms with E-state index in [4.69, 9.17) is 27.8 Å². The molecule has 2 bridgehead atoms. The molecule has 1 unspecified atom stereocenters. The van der Waals surface area contributed by atoms with Crippen molar-refractivity contribution in [3.8, 4) is 0 Å². The quantitative estimate of drug-likeness (QED) is 0.330. The second kappa shape index (κ2) is 9.35. The van der Waals surface area contributed by atoms with Crippen LogP contribution in [0, 0.1) is 15.7 Å². The summed E-state index contributed by atoms with van der Waals surface area (Å²) in [5.74, 6) is -0.544. The van der Waals surface area contributed by atoms with E-state index in [0.717, 1.165) is 12.8 Å². The van der Waals surface area contributed by atoms with Crippen LogP contribution in [0.4, 0.5) is 0 Å². The first-order valence-electron chi connectivity index (χ1n) is 11.4. The normalized spacial score (nSPS) is 25.0. The van der Waals surface area contributed by atoms with Gasteiger partial charge in [-0.05, 0) is 45.0 Å². The van der Waals surface area contributed by atoms with Crippen LogP contribution in [0.15, 0.2) is 48.7 Å². The van der Waals surface area contributed by atoms with E-state index in [1.165, 1.54) is 16.8 Å². The molecule has 5 rings (SSSR count).